The number of nitrogens with one attached hydrogen (secondary N) is 2. The van der Waals surface area contributed by atoms with Crippen LogP contribution in [0.1, 0.15) is 16.2 Å². The summed E-state index contributed by atoms with van der Waals surface area (Å²) in [5, 5.41) is 9.89. The van der Waals surface area contributed by atoms with Gasteiger partial charge in [0.05, 0.1) is 7.11 Å². The third-order valence-electron chi connectivity index (χ3n) is 5.14. The van der Waals surface area contributed by atoms with Crippen LogP contribution >= 0.6 is 0 Å². The summed E-state index contributed by atoms with van der Waals surface area (Å²) in [6.45, 7) is 3.70. The molecule has 3 aromatic rings. The van der Waals surface area contributed by atoms with E-state index in [2.05, 4.69) is 20.5 Å². The van der Waals surface area contributed by atoms with Crippen molar-refractivity contribution < 1.29 is 14.3 Å². The Hall–Kier alpha value is -3.88. The number of amides is 3. The molecule has 2 heterocycles. The molecule has 2 N–H and O–H groups in total. The van der Waals surface area contributed by atoms with E-state index in [4.69, 9.17) is 4.74 Å². The number of hydrogen-bond donors (Lipinski definition) is 2. The van der Waals surface area contributed by atoms with Gasteiger partial charge in [-0.1, -0.05) is 18.2 Å². The third kappa shape index (κ3) is 4.66. The molecule has 1 saturated heterocycles. The van der Waals surface area contributed by atoms with E-state index in [-0.39, 0.29) is 11.9 Å². The molecular formula is C22H24N6O3. The maximum atomic E-state index is 12.7. The van der Waals surface area contributed by atoms with Crippen LogP contribution in [0.4, 0.5) is 10.5 Å². The Morgan fingerprint density at radius 3 is 2.48 bits per heavy atom. The lowest BCUT2D eigenvalue weighted by Gasteiger charge is -2.34. The number of methoxy groups -OCH3 is 1. The van der Waals surface area contributed by atoms with Crippen molar-refractivity contribution >= 4 is 17.6 Å². The van der Waals surface area contributed by atoms with E-state index in [1.807, 2.05) is 31.2 Å². The highest BCUT2D eigenvalue weighted by Crippen LogP contribution is 2.20. The molecule has 9 nitrogen and oxygen atoms in total. The number of ether oxygens (including phenoxy) is 1. The quantitative estimate of drug-likeness (QED) is 0.676. The van der Waals surface area contributed by atoms with Crippen LogP contribution in [-0.4, -0.2) is 70.2 Å². The van der Waals surface area contributed by atoms with E-state index >= 15 is 0 Å². The number of benzene rings is 2. The van der Waals surface area contributed by atoms with Gasteiger partial charge in [0.1, 0.15) is 11.6 Å². The molecule has 0 bridgehead atoms. The molecule has 0 unspecified atom stereocenters. The molecule has 0 atom stereocenters. The first-order valence-corrected chi connectivity index (χ1v) is 10.0. The first-order valence-electron chi connectivity index (χ1n) is 10.0. The average Bonchev–Trinajstić information content (AvgIpc) is 3.25. The van der Waals surface area contributed by atoms with Gasteiger partial charge in [0, 0.05) is 43.0 Å². The number of aryl methyl sites for hydroxylation is 1. The molecule has 0 saturated carbocycles. The van der Waals surface area contributed by atoms with Crippen LogP contribution in [0.25, 0.3) is 11.4 Å². The fraction of sp³-hybridized carbons (Fsp3) is 0.273. The van der Waals surface area contributed by atoms with E-state index in [9.17, 15) is 9.59 Å². The van der Waals surface area contributed by atoms with Crippen LogP contribution in [0, 0.1) is 6.92 Å². The van der Waals surface area contributed by atoms with Crippen LogP contribution in [0.2, 0.25) is 0 Å². The molecule has 0 aliphatic carbocycles. The average molecular weight is 420 g/mol. The van der Waals surface area contributed by atoms with Gasteiger partial charge < -0.3 is 19.9 Å². The summed E-state index contributed by atoms with van der Waals surface area (Å²) in [7, 11) is 1.57. The van der Waals surface area contributed by atoms with Gasteiger partial charge in [-0.2, -0.15) is 5.10 Å². The van der Waals surface area contributed by atoms with E-state index in [1.165, 1.54) is 0 Å². The molecule has 31 heavy (non-hydrogen) atoms. The molecule has 9 heteroatoms. The van der Waals surface area contributed by atoms with E-state index in [1.54, 1.807) is 41.2 Å². The second-order valence-corrected chi connectivity index (χ2v) is 7.27. The number of piperazine rings is 1. The fourth-order valence-corrected chi connectivity index (χ4v) is 3.46. The molecule has 1 aliphatic heterocycles. The van der Waals surface area contributed by atoms with Gasteiger partial charge in [-0.3, -0.25) is 9.89 Å². The zero-order chi connectivity index (χ0) is 21.8. The maximum Gasteiger partial charge on any atom is 0.321 e. The Morgan fingerprint density at radius 2 is 1.77 bits per heavy atom. The number of H-pyrrole nitrogens is 1. The minimum Gasteiger partial charge on any atom is -0.497 e. The van der Waals surface area contributed by atoms with Gasteiger partial charge in [0.2, 0.25) is 0 Å². The molecule has 160 valence electrons. The zero-order valence-electron chi connectivity index (χ0n) is 17.5. The summed E-state index contributed by atoms with van der Waals surface area (Å²) in [6, 6.07) is 14.3. The summed E-state index contributed by atoms with van der Waals surface area (Å²) in [6.07, 6.45) is 0. The maximum absolute atomic E-state index is 12.7. The summed E-state index contributed by atoms with van der Waals surface area (Å²) < 4.78 is 5.19. The smallest absolute Gasteiger partial charge is 0.321 e. The second kappa shape index (κ2) is 8.86. The highest BCUT2D eigenvalue weighted by atomic mass is 16.5. The van der Waals surface area contributed by atoms with E-state index in [0.717, 1.165) is 11.4 Å². The minimum absolute atomic E-state index is 0.0616. The first-order chi connectivity index (χ1) is 15.0. The van der Waals surface area contributed by atoms with Crippen LogP contribution in [0.15, 0.2) is 48.5 Å². The molecular weight excluding hydrogens is 396 g/mol. The molecule has 1 fully saturated rings. The summed E-state index contributed by atoms with van der Waals surface area (Å²) >= 11 is 0. The predicted molar refractivity (Wildman–Crippen MR) is 116 cm³/mol. The fourth-order valence-electron chi connectivity index (χ4n) is 3.46. The molecule has 0 spiro atoms. The molecule has 0 radical (unpaired) electrons. The molecule has 1 aliphatic rings. The lowest BCUT2D eigenvalue weighted by Crippen LogP contribution is -2.51. The Balaban J connectivity index is 1.35. The van der Waals surface area contributed by atoms with Gasteiger partial charge in [-0.25, -0.2) is 9.78 Å². The molecule has 4 rings (SSSR count). The van der Waals surface area contributed by atoms with Crippen molar-refractivity contribution in [1.29, 1.82) is 0 Å². The molecule has 3 amide bonds. The van der Waals surface area contributed by atoms with Crippen molar-refractivity contribution in [3.05, 3.63) is 59.9 Å². The molecule has 1 aromatic heterocycles. The lowest BCUT2D eigenvalue weighted by atomic mass is 10.1. The van der Waals surface area contributed by atoms with Crippen LogP contribution in [-0.2, 0) is 0 Å². The van der Waals surface area contributed by atoms with Crippen molar-refractivity contribution in [1.82, 2.24) is 25.0 Å². The van der Waals surface area contributed by atoms with Crippen molar-refractivity contribution in [2.45, 2.75) is 6.92 Å². The largest absolute Gasteiger partial charge is 0.497 e. The van der Waals surface area contributed by atoms with Gasteiger partial charge in [0.25, 0.3) is 5.91 Å². The molecule has 2 aromatic carbocycles. The number of anilines is 1. The standard InChI is InChI=1S/C22H24N6O3/c1-15-23-20(26-25-15)16-5-3-7-18(13-16)24-22(30)28-11-9-27(10-12-28)21(29)17-6-4-8-19(14-17)31-2/h3-8,13-14H,9-12H2,1-2H3,(H,24,30)(H,23,25,26). The van der Waals surface area contributed by atoms with E-state index < -0.39 is 0 Å². The highest BCUT2D eigenvalue weighted by molar-refractivity contribution is 5.95. The lowest BCUT2D eigenvalue weighted by molar-refractivity contribution is 0.0671. The van der Waals surface area contributed by atoms with Gasteiger partial charge in [0.15, 0.2) is 5.82 Å². The van der Waals surface area contributed by atoms with Crippen LogP contribution in [0.5, 0.6) is 5.75 Å². The van der Waals surface area contributed by atoms with Gasteiger partial charge >= 0.3 is 6.03 Å². The van der Waals surface area contributed by atoms with Gasteiger partial charge in [-0.15, -0.1) is 0 Å². The predicted octanol–water partition coefficient (Wildman–Crippen LogP) is 2.78. The number of hydrogen-bond acceptors (Lipinski definition) is 5. The number of nitrogens with zero attached hydrogens (tertiary/aromatic N) is 4. The SMILES string of the molecule is COc1cccc(C(=O)N2CCN(C(=O)Nc3cccc(-c4n[nH]c(C)n4)c3)CC2)c1. The van der Waals surface area contributed by atoms with Crippen molar-refractivity contribution in [2.75, 3.05) is 38.6 Å². The number of rotatable bonds is 4. The first kappa shape index (κ1) is 20.4. The van der Waals surface area contributed by atoms with Crippen molar-refractivity contribution in [3.63, 3.8) is 0 Å². The number of aromatic amines is 1. The van der Waals surface area contributed by atoms with Crippen molar-refractivity contribution in [2.24, 2.45) is 0 Å². The number of carbonyl (C=O) groups excluding carboxylic acids is 2. The van der Waals surface area contributed by atoms with Crippen LogP contribution in [0.3, 0.4) is 0 Å². The third-order valence-corrected chi connectivity index (χ3v) is 5.14. The topological polar surface area (TPSA) is 103 Å². The monoisotopic (exact) mass is 420 g/mol. The Labute approximate surface area is 180 Å². The normalized spacial score (nSPS) is 13.7. The minimum atomic E-state index is -0.197. The van der Waals surface area contributed by atoms with E-state index in [0.29, 0.717) is 49.0 Å². The summed E-state index contributed by atoms with van der Waals surface area (Å²) in [5.41, 5.74) is 2.06. The highest BCUT2D eigenvalue weighted by Gasteiger charge is 2.25. The number of aromatic nitrogens is 3. The Morgan fingerprint density at radius 1 is 1.03 bits per heavy atom. The zero-order valence-corrected chi connectivity index (χ0v) is 17.5. The van der Waals surface area contributed by atoms with Gasteiger partial charge in [-0.05, 0) is 37.3 Å². The number of carbonyl (C=O) groups is 2. The summed E-state index contributed by atoms with van der Waals surface area (Å²) in [4.78, 5) is 33.2. The second-order valence-electron chi connectivity index (χ2n) is 7.27. The number of urea groups is 1. The Kier molecular flexibility index (Phi) is 5.83. The van der Waals surface area contributed by atoms with Crippen LogP contribution < -0.4 is 10.1 Å². The summed E-state index contributed by atoms with van der Waals surface area (Å²) in [5.74, 6) is 1.89. The van der Waals surface area contributed by atoms with Crippen molar-refractivity contribution in [3.8, 4) is 17.1 Å². The Bertz CT molecular complexity index is 1090.